The molecule has 2 aliphatic heterocycles. The molecule has 2 saturated heterocycles. The zero-order valence-electron chi connectivity index (χ0n) is 13.1. The molecule has 0 aromatic rings. The number of fused-ring (bicyclic) bond motifs is 1. The van der Waals surface area contributed by atoms with Gasteiger partial charge in [-0.2, -0.15) is 0 Å². The second-order valence-corrected chi connectivity index (χ2v) is 6.12. The minimum atomic E-state index is -1.04. The van der Waals surface area contributed by atoms with E-state index in [2.05, 4.69) is 0 Å². The van der Waals surface area contributed by atoms with Gasteiger partial charge in [0.2, 0.25) is 0 Å². The summed E-state index contributed by atoms with van der Waals surface area (Å²) in [5, 5.41) is 10.5. The van der Waals surface area contributed by atoms with Gasteiger partial charge in [0.25, 0.3) is 0 Å². The minimum Gasteiger partial charge on any atom is -0.454 e. The Bertz CT molecular complexity index is 382. The Morgan fingerprint density at radius 3 is 2.62 bits per heavy atom. The van der Waals surface area contributed by atoms with Gasteiger partial charge in [-0.15, -0.1) is 0 Å². The fraction of sp³-hybridized carbons (Fsp3) is 0.929. The predicted octanol–water partition coefficient (Wildman–Crippen LogP) is 0.438. The zero-order valence-corrected chi connectivity index (χ0v) is 13.1. The summed E-state index contributed by atoms with van der Waals surface area (Å²) >= 11 is 0. The quantitative estimate of drug-likeness (QED) is 0.757. The van der Waals surface area contributed by atoms with Crippen LogP contribution >= 0.6 is 0 Å². The number of aliphatic hydroxyl groups excluding tert-OH is 1. The number of esters is 1. The molecule has 0 radical (unpaired) electrons. The summed E-state index contributed by atoms with van der Waals surface area (Å²) in [5.74, 6) is -1.55. The standard InChI is InChI=1S/C14H24O7/c1-7(2)12(16)20-11-9(15)10-8(19-13(11)17-5)6-18-14(3,4)21-10/h7-11,13,15H,6H2,1-5H3/t8-,9+,10-,11-,13+/m1/s1. The first-order chi connectivity index (χ1) is 9.75. The summed E-state index contributed by atoms with van der Waals surface area (Å²) < 4.78 is 27.4. The highest BCUT2D eigenvalue weighted by Gasteiger charge is 2.52. The maximum absolute atomic E-state index is 11.8. The number of carbonyl (C=O) groups excluding carboxylic acids is 1. The van der Waals surface area contributed by atoms with Crippen LogP contribution in [0.25, 0.3) is 0 Å². The molecule has 2 rings (SSSR count). The Hall–Kier alpha value is -0.730. The van der Waals surface area contributed by atoms with Crippen molar-refractivity contribution in [1.29, 1.82) is 0 Å². The smallest absolute Gasteiger partial charge is 0.308 e. The normalized spacial score (nSPS) is 38.9. The summed E-state index contributed by atoms with van der Waals surface area (Å²) in [5.41, 5.74) is 0. The van der Waals surface area contributed by atoms with Crippen LogP contribution in [-0.2, 0) is 28.5 Å². The molecular formula is C14H24O7. The van der Waals surface area contributed by atoms with Crippen molar-refractivity contribution in [2.45, 2.75) is 64.2 Å². The van der Waals surface area contributed by atoms with Crippen LogP contribution in [0, 0.1) is 5.92 Å². The summed E-state index contributed by atoms with van der Waals surface area (Å²) in [7, 11) is 1.43. The van der Waals surface area contributed by atoms with Crippen LogP contribution in [-0.4, -0.2) is 61.3 Å². The Morgan fingerprint density at radius 1 is 1.38 bits per heavy atom. The van der Waals surface area contributed by atoms with Gasteiger partial charge in [-0.05, 0) is 13.8 Å². The predicted molar refractivity (Wildman–Crippen MR) is 71.3 cm³/mol. The van der Waals surface area contributed by atoms with E-state index in [1.54, 1.807) is 27.7 Å². The molecule has 0 aromatic carbocycles. The lowest BCUT2D eigenvalue weighted by atomic mass is 9.97. The Balaban J connectivity index is 2.14. The number of ether oxygens (including phenoxy) is 5. The third-order valence-corrected chi connectivity index (χ3v) is 3.59. The molecule has 7 heteroatoms. The molecule has 122 valence electrons. The van der Waals surface area contributed by atoms with Crippen molar-refractivity contribution in [2.24, 2.45) is 5.92 Å². The molecule has 1 N–H and O–H groups in total. The van der Waals surface area contributed by atoms with E-state index in [0.717, 1.165) is 0 Å². The van der Waals surface area contributed by atoms with E-state index in [1.807, 2.05) is 0 Å². The van der Waals surface area contributed by atoms with E-state index < -0.39 is 42.5 Å². The van der Waals surface area contributed by atoms with Crippen LogP contribution < -0.4 is 0 Å². The van der Waals surface area contributed by atoms with E-state index in [4.69, 9.17) is 23.7 Å². The molecule has 0 bridgehead atoms. The molecule has 0 spiro atoms. The number of rotatable bonds is 3. The fourth-order valence-electron chi connectivity index (χ4n) is 2.40. The fourth-order valence-corrected chi connectivity index (χ4v) is 2.40. The van der Waals surface area contributed by atoms with E-state index in [1.165, 1.54) is 7.11 Å². The number of hydrogen-bond donors (Lipinski definition) is 1. The lowest BCUT2D eigenvalue weighted by Gasteiger charge is -2.49. The van der Waals surface area contributed by atoms with E-state index in [9.17, 15) is 9.90 Å². The first kappa shape index (κ1) is 16.6. The monoisotopic (exact) mass is 304 g/mol. The summed E-state index contributed by atoms with van der Waals surface area (Å²) in [6.07, 6.45) is -3.92. The van der Waals surface area contributed by atoms with E-state index in [-0.39, 0.29) is 12.5 Å². The summed E-state index contributed by atoms with van der Waals surface area (Å²) in [6.45, 7) is 7.23. The van der Waals surface area contributed by atoms with Crippen molar-refractivity contribution in [3.63, 3.8) is 0 Å². The maximum atomic E-state index is 11.8. The molecule has 0 amide bonds. The average Bonchev–Trinajstić information content (AvgIpc) is 2.41. The molecule has 2 aliphatic rings. The van der Waals surface area contributed by atoms with Crippen LogP contribution in [0.4, 0.5) is 0 Å². The Kier molecular flexibility index (Phi) is 4.89. The molecule has 0 aromatic heterocycles. The SMILES string of the molecule is CO[C@H]1O[C@@H]2COC(C)(C)O[C@H]2[C@H](O)[C@H]1OC(=O)C(C)C. The van der Waals surface area contributed by atoms with Crippen LogP contribution in [0.3, 0.4) is 0 Å². The van der Waals surface area contributed by atoms with Crippen molar-refractivity contribution in [3.8, 4) is 0 Å². The van der Waals surface area contributed by atoms with Gasteiger partial charge < -0.3 is 28.8 Å². The number of hydrogen-bond acceptors (Lipinski definition) is 7. The van der Waals surface area contributed by atoms with Crippen LogP contribution in [0.2, 0.25) is 0 Å². The third-order valence-electron chi connectivity index (χ3n) is 3.59. The van der Waals surface area contributed by atoms with Crippen LogP contribution in [0.5, 0.6) is 0 Å². The minimum absolute atomic E-state index is 0.277. The topological polar surface area (TPSA) is 83.5 Å². The molecular weight excluding hydrogens is 280 g/mol. The molecule has 5 atom stereocenters. The molecule has 0 saturated carbocycles. The number of methoxy groups -OCH3 is 1. The van der Waals surface area contributed by atoms with Gasteiger partial charge in [0.05, 0.1) is 12.5 Å². The highest BCUT2D eigenvalue weighted by Crippen LogP contribution is 2.33. The highest BCUT2D eigenvalue weighted by atomic mass is 16.8. The molecule has 7 nitrogen and oxygen atoms in total. The van der Waals surface area contributed by atoms with Gasteiger partial charge in [0.15, 0.2) is 18.2 Å². The molecule has 0 unspecified atom stereocenters. The van der Waals surface area contributed by atoms with Gasteiger partial charge in [0.1, 0.15) is 18.3 Å². The first-order valence-corrected chi connectivity index (χ1v) is 7.14. The third kappa shape index (κ3) is 3.54. The van der Waals surface area contributed by atoms with Crippen molar-refractivity contribution < 1.29 is 33.6 Å². The number of aliphatic hydroxyl groups is 1. The summed E-state index contributed by atoms with van der Waals surface area (Å²) in [4.78, 5) is 11.8. The van der Waals surface area contributed by atoms with E-state index in [0.29, 0.717) is 0 Å². The lowest BCUT2D eigenvalue weighted by molar-refractivity contribution is -0.380. The van der Waals surface area contributed by atoms with Crippen molar-refractivity contribution in [1.82, 2.24) is 0 Å². The maximum Gasteiger partial charge on any atom is 0.308 e. The highest BCUT2D eigenvalue weighted by molar-refractivity contribution is 5.71. The van der Waals surface area contributed by atoms with E-state index >= 15 is 0 Å². The van der Waals surface area contributed by atoms with Crippen molar-refractivity contribution in [2.75, 3.05) is 13.7 Å². The summed E-state index contributed by atoms with van der Waals surface area (Å²) in [6, 6.07) is 0. The van der Waals surface area contributed by atoms with Gasteiger partial charge in [0, 0.05) is 7.11 Å². The van der Waals surface area contributed by atoms with Gasteiger partial charge in [-0.1, -0.05) is 13.8 Å². The average molecular weight is 304 g/mol. The molecule has 0 aliphatic carbocycles. The Labute approximate surface area is 124 Å². The second kappa shape index (κ2) is 6.18. The van der Waals surface area contributed by atoms with Crippen molar-refractivity contribution in [3.05, 3.63) is 0 Å². The van der Waals surface area contributed by atoms with Crippen LogP contribution in [0.15, 0.2) is 0 Å². The molecule has 2 heterocycles. The zero-order chi connectivity index (χ0) is 15.8. The second-order valence-electron chi connectivity index (χ2n) is 6.12. The largest absolute Gasteiger partial charge is 0.454 e. The number of carbonyl (C=O) groups is 1. The van der Waals surface area contributed by atoms with Gasteiger partial charge >= 0.3 is 5.97 Å². The van der Waals surface area contributed by atoms with Gasteiger partial charge in [-0.3, -0.25) is 4.79 Å². The van der Waals surface area contributed by atoms with Crippen molar-refractivity contribution >= 4 is 5.97 Å². The first-order valence-electron chi connectivity index (χ1n) is 7.14. The molecule has 2 fully saturated rings. The Morgan fingerprint density at radius 2 is 2.05 bits per heavy atom. The van der Waals surface area contributed by atoms with Crippen LogP contribution in [0.1, 0.15) is 27.7 Å². The molecule has 21 heavy (non-hydrogen) atoms. The van der Waals surface area contributed by atoms with Gasteiger partial charge in [-0.25, -0.2) is 0 Å². The lowest BCUT2D eigenvalue weighted by Crippen LogP contribution is -2.65.